The van der Waals surface area contributed by atoms with E-state index in [-0.39, 0.29) is 5.91 Å². The van der Waals surface area contributed by atoms with Crippen LogP contribution >= 0.6 is 0 Å². The van der Waals surface area contributed by atoms with Gasteiger partial charge in [-0.05, 0) is 19.1 Å². The van der Waals surface area contributed by atoms with Crippen LogP contribution in [0.4, 0.5) is 0 Å². The summed E-state index contributed by atoms with van der Waals surface area (Å²) in [7, 11) is 0. The molecular formula is C26H21N3O2. The number of fused-ring (bicyclic) bond motifs is 1. The summed E-state index contributed by atoms with van der Waals surface area (Å²) in [5.41, 5.74) is 5.51. The average Bonchev–Trinajstić information content (AvgIpc) is 3.25. The largest absolute Gasteiger partial charge is 0.446 e. The van der Waals surface area contributed by atoms with E-state index in [0.717, 1.165) is 38.9 Å². The molecule has 5 rings (SSSR count). The minimum atomic E-state index is -0.597. The molecule has 5 nitrogen and oxygen atoms in total. The highest BCUT2D eigenvalue weighted by atomic mass is 16.5. The van der Waals surface area contributed by atoms with Crippen LogP contribution in [0.2, 0.25) is 0 Å². The lowest BCUT2D eigenvalue weighted by atomic mass is 10.0. The van der Waals surface area contributed by atoms with Gasteiger partial charge in [-0.25, -0.2) is 4.98 Å². The third-order valence-electron chi connectivity index (χ3n) is 5.35. The molecule has 0 saturated carbocycles. The number of aryl methyl sites for hydroxylation is 1. The molecule has 4 aromatic rings. The number of carbonyl (C=O) groups is 1. The zero-order valence-electron chi connectivity index (χ0n) is 17.3. The fourth-order valence-electron chi connectivity index (χ4n) is 3.73. The van der Waals surface area contributed by atoms with E-state index < -0.39 is 6.23 Å². The van der Waals surface area contributed by atoms with Crippen LogP contribution < -0.4 is 0 Å². The molecule has 1 aliphatic heterocycles. The molecule has 0 aliphatic carbocycles. The van der Waals surface area contributed by atoms with Crippen LogP contribution in [-0.2, 0) is 9.53 Å². The quantitative estimate of drug-likeness (QED) is 0.454. The van der Waals surface area contributed by atoms with Crippen molar-refractivity contribution in [2.75, 3.05) is 0 Å². The standard InChI is InChI=1S/C26H21N3O2/c1-17-12-14-20(15-13-17)26-29(18(2)30)28-25(31-26)22-16-24(19-8-4-3-5-9-19)27-23-11-7-6-10-21(22)23/h3-16,26H,1-2H3/t26-/m0/s1. The molecule has 0 bridgehead atoms. The molecule has 0 spiro atoms. The van der Waals surface area contributed by atoms with Gasteiger partial charge >= 0.3 is 0 Å². The maximum atomic E-state index is 12.4. The number of para-hydroxylation sites is 1. The van der Waals surface area contributed by atoms with E-state index >= 15 is 0 Å². The van der Waals surface area contributed by atoms with Crippen LogP contribution in [-0.4, -0.2) is 21.8 Å². The Morgan fingerprint density at radius 2 is 1.65 bits per heavy atom. The van der Waals surface area contributed by atoms with E-state index in [2.05, 4.69) is 5.10 Å². The summed E-state index contributed by atoms with van der Waals surface area (Å²) in [5, 5.41) is 6.90. The number of aromatic nitrogens is 1. The molecule has 152 valence electrons. The SMILES string of the molecule is CC(=O)N1N=C(c2cc(-c3ccccc3)nc3ccccc23)O[C@H]1c1ccc(C)cc1. The molecule has 1 atom stereocenters. The molecule has 31 heavy (non-hydrogen) atoms. The molecule has 1 aromatic heterocycles. The zero-order chi connectivity index (χ0) is 21.4. The van der Waals surface area contributed by atoms with Crippen LogP contribution in [0.1, 0.15) is 29.8 Å². The second kappa shape index (κ2) is 7.69. The number of benzene rings is 3. The summed E-state index contributed by atoms with van der Waals surface area (Å²) < 4.78 is 6.27. The van der Waals surface area contributed by atoms with Gasteiger partial charge in [-0.3, -0.25) is 4.79 Å². The van der Waals surface area contributed by atoms with Gasteiger partial charge in [0.05, 0.1) is 11.2 Å². The Labute approximate surface area is 180 Å². The summed E-state index contributed by atoms with van der Waals surface area (Å²) in [6.45, 7) is 3.52. The zero-order valence-corrected chi connectivity index (χ0v) is 17.3. The Kier molecular flexibility index (Phi) is 4.71. The minimum absolute atomic E-state index is 0.179. The van der Waals surface area contributed by atoms with Crippen molar-refractivity contribution in [3.63, 3.8) is 0 Å². The van der Waals surface area contributed by atoms with Gasteiger partial charge in [0.15, 0.2) is 0 Å². The van der Waals surface area contributed by atoms with Gasteiger partial charge in [0.2, 0.25) is 18.0 Å². The third kappa shape index (κ3) is 3.55. The van der Waals surface area contributed by atoms with E-state index in [1.54, 1.807) is 0 Å². The van der Waals surface area contributed by atoms with Crippen molar-refractivity contribution in [1.29, 1.82) is 0 Å². The number of amides is 1. The average molecular weight is 407 g/mol. The lowest BCUT2D eigenvalue weighted by molar-refractivity contribution is -0.135. The smallest absolute Gasteiger partial charge is 0.243 e. The molecule has 1 amide bonds. The fourth-order valence-corrected chi connectivity index (χ4v) is 3.73. The van der Waals surface area contributed by atoms with Crippen molar-refractivity contribution in [3.05, 3.63) is 102 Å². The Morgan fingerprint density at radius 1 is 0.935 bits per heavy atom. The maximum Gasteiger partial charge on any atom is 0.243 e. The Balaban J connectivity index is 1.63. The predicted molar refractivity (Wildman–Crippen MR) is 121 cm³/mol. The van der Waals surface area contributed by atoms with Crippen molar-refractivity contribution >= 4 is 22.7 Å². The lowest BCUT2D eigenvalue weighted by Crippen LogP contribution is -2.25. The number of ether oxygens (including phenoxy) is 1. The van der Waals surface area contributed by atoms with Gasteiger partial charge < -0.3 is 4.74 Å². The minimum Gasteiger partial charge on any atom is -0.446 e. The van der Waals surface area contributed by atoms with Crippen LogP contribution in [0, 0.1) is 6.92 Å². The Morgan fingerprint density at radius 3 is 2.39 bits per heavy atom. The molecular weight excluding hydrogens is 386 g/mol. The number of pyridine rings is 1. The highest BCUT2D eigenvalue weighted by molar-refractivity contribution is 6.08. The highest BCUT2D eigenvalue weighted by Gasteiger charge is 2.33. The number of hydrogen-bond donors (Lipinski definition) is 0. The molecule has 0 fully saturated rings. The van der Waals surface area contributed by atoms with E-state index in [0.29, 0.717) is 5.90 Å². The number of rotatable bonds is 3. The molecule has 0 radical (unpaired) electrons. The van der Waals surface area contributed by atoms with Gasteiger partial charge in [-0.2, -0.15) is 5.01 Å². The van der Waals surface area contributed by atoms with E-state index in [9.17, 15) is 4.79 Å². The third-order valence-corrected chi connectivity index (χ3v) is 5.35. The van der Waals surface area contributed by atoms with Gasteiger partial charge in [-0.15, -0.1) is 5.10 Å². The summed E-state index contributed by atoms with van der Waals surface area (Å²) in [5.74, 6) is 0.235. The first-order chi connectivity index (χ1) is 15.1. The number of hydrogen-bond acceptors (Lipinski definition) is 4. The van der Waals surface area contributed by atoms with Gasteiger partial charge in [0, 0.05) is 29.0 Å². The Bertz CT molecular complexity index is 1300. The second-order valence-corrected chi connectivity index (χ2v) is 7.59. The molecule has 1 aliphatic rings. The number of carbonyl (C=O) groups excluding carboxylic acids is 1. The topological polar surface area (TPSA) is 54.8 Å². The predicted octanol–water partition coefficient (Wildman–Crippen LogP) is 5.45. The summed E-state index contributed by atoms with van der Waals surface area (Å²) >= 11 is 0. The maximum absolute atomic E-state index is 12.4. The van der Waals surface area contributed by atoms with E-state index in [1.165, 1.54) is 11.9 Å². The molecule has 0 unspecified atom stereocenters. The highest BCUT2D eigenvalue weighted by Crippen LogP contribution is 2.33. The molecule has 2 heterocycles. The van der Waals surface area contributed by atoms with Crippen molar-refractivity contribution in [2.24, 2.45) is 5.10 Å². The van der Waals surface area contributed by atoms with Crippen molar-refractivity contribution in [1.82, 2.24) is 9.99 Å². The van der Waals surface area contributed by atoms with E-state index in [1.807, 2.05) is 91.9 Å². The number of hydrazone groups is 1. The lowest BCUT2D eigenvalue weighted by Gasteiger charge is -2.19. The summed E-state index contributed by atoms with van der Waals surface area (Å²) in [6.07, 6.45) is -0.597. The van der Waals surface area contributed by atoms with Gasteiger partial charge in [0.25, 0.3) is 0 Å². The number of nitrogens with zero attached hydrogens (tertiary/aromatic N) is 3. The molecule has 3 aromatic carbocycles. The van der Waals surface area contributed by atoms with Crippen LogP contribution in [0.25, 0.3) is 22.2 Å². The van der Waals surface area contributed by atoms with Crippen molar-refractivity contribution < 1.29 is 9.53 Å². The summed E-state index contributed by atoms with van der Waals surface area (Å²) in [4.78, 5) is 17.2. The first kappa shape index (κ1) is 19.0. The van der Waals surface area contributed by atoms with Crippen molar-refractivity contribution in [2.45, 2.75) is 20.1 Å². The molecule has 5 heteroatoms. The second-order valence-electron chi connectivity index (χ2n) is 7.59. The van der Waals surface area contributed by atoms with Crippen LogP contribution in [0.15, 0.2) is 90.0 Å². The van der Waals surface area contributed by atoms with E-state index in [4.69, 9.17) is 9.72 Å². The normalized spacial score (nSPS) is 15.6. The van der Waals surface area contributed by atoms with Gasteiger partial charge in [-0.1, -0.05) is 78.4 Å². The monoisotopic (exact) mass is 407 g/mol. The molecule has 0 saturated heterocycles. The van der Waals surface area contributed by atoms with Crippen LogP contribution in [0.3, 0.4) is 0 Å². The van der Waals surface area contributed by atoms with Crippen LogP contribution in [0.5, 0.6) is 0 Å². The Hall–Kier alpha value is -3.99. The first-order valence-electron chi connectivity index (χ1n) is 10.2. The summed E-state index contributed by atoms with van der Waals surface area (Å²) in [6, 6.07) is 27.8. The molecule has 0 N–H and O–H groups in total. The van der Waals surface area contributed by atoms with Crippen molar-refractivity contribution in [3.8, 4) is 11.3 Å². The fraction of sp³-hybridized carbons (Fsp3) is 0.115. The van der Waals surface area contributed by atoms with Gasteiger partial charge in [0.1, 0.15) is 0 Å². The first-order valence-corrected chi connectivity index (χ1v) is 10.2.